The molecule has 0 saturated carbocycles. The molecule has 0 spiro atoms. The van der Waals surface area contributed by atoms with Gasteiger partial charge in [-0.25, -0.2) is 4.79 Å². The predicted octanol–water partition coefficient (Wildman–Crippen LogP) is 3.51. The number of ketones is 1. The number of aliphatic hydroxyl groups excluding tert-OH is 1. The minimum atomic E-state index is -0.788. The van der Waals surface area contributed by atoms with Crippen molar-refractivity contribution in [2.24, 2.45) is 11.8 Å². The summed E-state index contributed by atoms with van der Waals surface area (Å²) in [7, 11) is 0. The van der Waals surface area contributed by atoms with Crippen molar-refractivity contribution in [1.29, 1.82) is 0 Å². The van der Waals surface area contributed by atoms with Crippen molar-refractivity contribution in [2.45, 2.75) is 65.1 Å². The van der Waals surface area contributed by atoms with Gasteiger partial charge in [0.05, 0.1) is 6.10 Å². The molecular formula is C20H28O4. The van der Waals surface area contributed by atoms with Crippen LogP contribution in [0.2, 0.25) is 0 Å². The largest absolute Gasteiger partial charge is 0.454 e. The summed E-state index contributed by atoms with van der Waals surface area (Å²) in [6, 6.07) is 0. The van der Waals surface area contributed by atoms with Gasteiger partial charge in [0.15, 0.2) is 0 Å². The van der Waals surface area contributed by atoms with E-state index in [0.29, 0.717) is 18.4 Å². The van der Waals surface area contributed by atoms with Gasteiger partial charge in [-0.2, -0.15) is 0 Å². The van der Waals surface area contributed by atoms with Gasteiger partial charge in [-0.3, -0.25) is 4.79 Å². The monoisotopic (exact) mass is 332 g/mol. The molecule has 0 amide bonds. The molecule has 1 fully saturated rings. The zero-order valence-electron chi connectivity index (χ0n) is 14.9. The number of aliphatic hydroxyl groups is 1. The number of esters is 1. The minimum absolute atomic E-state index is 0.00991. The van der Waals surface area contributed by atoms with Crippen LogP contribution in [0.15, 0.2) is 35.5 Å². The lowest BCUT2D eigenvalue weighted by Crippen LogP contribution is -2.31. The molecule has 0 unspecified atom stereocenters. The SMILES string of the molecule is C=C1C(=O)O[C@H]2/C=C(/C)CC/C=C(/C)CC[C@@H](C(C)=O)[C@H](O)C[C@@H]12. The molecule has 1 aliphatic heterocycles. The average molecular weight is 332 g/mol. The Bertz CT molecular complexity index is 584. The molecule has 4 atom stereocenters. The normalized spacial score (nSPS) is 36.8. The van der Waals surface area contributed by atoms with Crippen molar-refractivity contribution >= 4 is 11.8 Å². The molecule has 4 heteroatoms. The quantitative estimate of drug-likeness (QED) is 0.453. The Balaban J connectivity index is 2.30. The van der Waals surface area contributed by atoms with Gasteiger partial charge in [0, 0.05) is 17.4 Å². The van der Waals surface area contributed by atoms with Crippen LogP contribution >= 0.6 is 0 Å². The zero-order chi connectivity index (χ0) is 17.9. The fraction of sp³-hybridized carbons (Fsp3) is 0.600. The maximum Gasteiger partial charge on any atom is 0.334 e. The van der Waals surface area contributed by atoms with Crippen LogP contribution in [-0.4, -0.2) is 29.1 Å². The van der Waals surface area contributed by atoms with E-state index < -0.39 is 24.1 Å². The fourth-order valence-corrected chi connectivity index (χ4v) is 3.54. The summed E-state index contributed by atoms with van der Waals surface area (Å²) in [5, 5.41) is 10.6. The number of ether oxygens (including phenoxy) is 1. The molecule has 2 rings (SSSR count). The van der Waals surface area contributed by atoms with E-state index in [9.17, 15) is 14.7 Å². The third-order valence-corrected chi connectivity index (χ3v) is 5.16. The van der Waals surface area contributed by atoms with E-state index in [1.54, 1.807) is 0 Å². The first-order valence-corrected chi connectivity index (χ1v) is 8.70. The van der Waals surface area contributed by atoms with Crippen LogP contribution < -0.4 is 0 Å². The van der Waals surface area contributed by atoms with Crippen LogP contribution in [0.5, 0.6) is 0 Å². The number of hydrogen-bond acceptors (Lipinski definition) is 4. The van der Waals surface area contributed by atoms with Crippen molar-refractivity contribution in [3.05, 3.63) is 35.5 Å². The molecule has 0 aromatic carbocycles. The van der Waals surface area contributed by atoms with Crippen molar-refractivity contribution in [3.63, 3.8) is 0 Å². The molecule has 0 aromatic rings. The van der Waals surface area contributed by atoms with Gasteiger partial charge in [0.25, 0.3) is 0 Å². The Morgan fingerprint density at radius 2 is 2.00 bits per heavy atom. The average Bonchev–Trinajstić information content (AvgIpc) is 2.74. The van der Waals surface area contributed by atoms with E-state index in [1.165, 1.54) is 12.5 Å². The summed E-state index contributed by atoms with van der Waals surface area (Å²) >= 11 is 0. The first-order valence-electron chi connectivity index (χ1n) is 8.70. The molecule has 24 heavy (non-hydrogen) atoms. The third-order valence-electron chi connectivity index (χ3n) is 5.16. The number of rotatable bonds is 1. The second-order valence-corrected chi connectivity index (χ2v) is 7.16. The summed E-state index contributed by atoms with van der Waals surface area (Å²) in [5.74, 6) is -1.09. The predicted molar refractivity (Wildman–Crippen MR) is 93.3 cm³/mol. The molecule has 132 valence electrons. The van der Waals surface area contributed by atoms with Gasteiger partial charge in [-0.1, -0.05) is 23.8 Å². The van der Waals surface area contributed by atoms with Crippen molar-refractivity contribution < 1.29 is 19.4 Å². The van der Waals surface area contributed by atoms with Gasteiger partial charge < -0.3 is 9.84 Å². The molecule has 0 aromatic heterocycles. The van der Waals surface area contributed by atoms with Gasteiger partial charge >= 0.3 is 5.97 Å². The number of carbonyl (C=O) groups is 2. The van der Waals surface area contributed by atoms with Crippen molar-refractivity contribution in [1.82, 2.24) is 0 Å². The minimum Gasteiger partial charge on any atom is -0.454 e. The van der Waals surface area contributed by atoms with Crippen LogP contribution in [0.4, 0.5) is 0 Å². The van der Waals surface area contributed by atoms with E-state index in [2.05, 4.69) is 19.6 Å². The van der Waals surface area contributed by atoms with E-state index in [0.717, 1.165) is 24.8 Å². The number of hydrogen-bond donors (Lipinski definition) is 1. The Hall–Kier alpha value is -1.68. The Labute approximate surface area is 144 Å². The first-order chi connectivity index (χ1) is 11.3. The van der Waals surface area contributed by atoms with Crippen LogP contribution in [0, 0.1) is 11.8 Å². The smallest absolute Gasteiger partial charge is 0.334 e. The van der Waals surface area contributed by atoms with Crippen LogP contribution in [0.25, 0.3) is 0 Å². The molecule has 0 bridgehead atoms. The molecule has 1 saturated heterocycles. The highest BCUT2D eigenvalue weighted by atomic mass is 16.6. The van der Waals surface area contributed by atoms with Gasteiger partial charge in [-0.15, -0.1) is 0 Å². The van der Waals surface area contributed by atoms with Crippen LogP contribution in [0.3, 0.4) is 0 Å². The molecule has 1 heterocycles. The van der Waals surface area contributed by atoms with E-state index in [-0.39, 0.29) is 11.7 Å². The maximum absolute atomic E-state index is 12.0. The molecule has 1 N–H and O–H groups in total. The Morgan fingerprint density at radius 3 is 2.67 bits per heavy atom. The Kier molecular flexibility index (Phi) is 6.16. The second-order valence-electron chi connectivity index (χ2n) is 7.16. The number of allylic oxidation sites excluding steroid dienone is 3. The number of Topliss-reactive ketones (excluding diaryl/α,β-unsaturated/α-hetero) is 1. The molecule has 1 aliphatic carbocycles. The van der Waals surface area contributed by atoms with E-state index in [4.69, 9.17) is 4.74 Å². The summed E-state index contributed by atoms with van der Waals surface area (Å²) in [4.78, 5) is 23.9. The molecular weight excluding hydrogens is 304 g/mol. The van der Waals surface area contributed by atoms with Crippen LogP contribution in [0.1, 0.15) is 52.9 Å². The summed E-state index contributed by atoms with van der Waals surface area (Å²) < 4.78 is 5.42. The highest BCUT2D eigenvalue weighted by molar-refractivity contribution is 5.91. The second kappa shape index (κ2) is 7.93. The van der Waals surface area contributed by atoms with Gasteiger partial charge in [0.2, 0.25) is 0 Å². The standard InChI is InChI=1S/C20H28O4/c1-12-6-5-7-13(2)10-19-17(14(3)20(23)24-19)11-18(22)16(9-8-12)15(4)21/h6,10,16-19,22H,3,5,7-9,11H2,1-2,4H3/b12-6-,13-10-/t16-,17-,18+,19-/m0/s1. The number of fused-ring (bicyclic) bond motifs is 1. The molecule has 2 aliphatic rings. The topological polar surface area (TPSA) is 63.6 Å². The third kappa shape index (κ3) is 4.44. The number of carbonyl (C=O) groups excluding carboxylic acids is 2. The lowest BCUT2D eigenvalue weighted by atomic mass is 9.82. The van der Waals surface area contributed by atoms with E-state index in [1.807, 2.05) is 13.0 Å². The lowest BCUT2D eigenvalue weighted by molar-refractivity contribution is -0.137. The summed E-state index contributed by atoms with van der Waals surface area (Å²) in [6.45, 7) is 9.46. The zero-order valence-corrected chi connectivity index (χ0v) is 14.9. The van der Waals surface area contributed by atoms with E-state index >= 15 is 0 Å². The Morgan fingerprint density at radius 1 is 1.29 bits per heavy atom. The highest BCUT2D eigenvalue weighted by Crippen LogP contribution is 2.35. The van der Waals surface area contributed by atoms with Crippen LogP contribution in [-0.2, 0) is 14.3 Å². The van der Waals surface area contributed by atoms with Gasteiger partial charge in [0.1, 0.15) is 11.9 Å². The lowest BCUT2D eigenvalue weighted by Gasteiger charge is -2.24. The summed E-state index contributed by atoms with van der Waals surface area (Å²) in [5.41, 5.74) is 2.81. The van der Waals surface area contributed by atoms with Gasteiger partial charge in [-0.05, 0) is 59.0 Å². The first kappa shape index (κ1) is 18.7. The summed E-state index contributed by atoms with van der Waals surface area (Å²) in [6.07, 6.45) is 6.57. The maximum atomic E-state index is 12.0. The molecule has 4 nitrogen and oxygen atoms in total. The highest BCUT2D eigenvalue weighted by Gasteiger charge is 2.40. The van der Waals surface area contributed by atoms with Crippen molar-refractivity contribution in [3.8, 4) is 0 Å². The fourth-order valence-electron chi connectivity index (χ4n) is 3.54. The molecule has 0 radical (unpaired) electrons. The van der Waals surface area contributed by atoms with Crippen molar-refractivity contribution in [2.75, 3.05) is 0 Å².